The average Bonchev–Trinajstić information content (AvgIpc) is 3.37. The summed E-state index contributed by atoms with van der Waals surface area (Å²) in [7, 11) is 0. The first-order valence-electron chi connectivity index (χ1n) is 14.4. The molecule has 2 aliphatic rings. The van der Waals surface area contributed by atoms with E-state index in [1.165, 1.54) is 0 Å². The molecule has 8 nitrogen and oxygen atoms in total. The molecular weight excluding hydrogens is 510 g/mol. The number of nitrogens with zero attached hydrogens (tertiary/aromatic N) is 3. The zero-order chi connectivity index (χ0) is 29.9. The smallest absolute Gasteiger partial charge is 0.248 e. The number of likely N-dealkylation sites (tertiary alicyclic amines) is 1. The van der Waals surface area contributed by atoms with Crippen molar-refractivity contribution < 1.29 is 4.79 Å². The van der Waals surface area contributed by atoms with Gasteiger partial charge in [-0.2, -0.15) is 5.26 Å². The second-order valence-corrected chi connectivity index (χ2v) is 11.7. The van der Waals surface area contributed by atoms with Gasteiger partial charge in [0.15, 0.2) is 0 Å². The Kier molecular flexibility index (Phi) is 8.89. The van der Waals surface area contributed by atoms with Crippen LogP contribution >= 0.6 is 0 Å². The Bertz CT molecular complexity index is 1350. The van der Waals surface area contributed by atoms with E-state index >= 15 is 0 Å². The minimum atomic E-state index is -0.771. The van der Waals surface area contributed by atoms with Gasteiger partial charge < -0.3 is 27.4 Å². The molecule has 0 saturated carbocycles. The molecule has 7 N–H and O–H groups in total. The van der Waals surface area contributed by atoms with E-state index in [0.29, 0.717) is 36.5 Å². The van der Waals surface area contributed by atoms with E-state index in [2.05, 4.69) is 48.5 Å². The number of hydrogen-bond donors (Lipinski definition) is 4. The lowest BCUT2D eigenvalue weighted by molar-refractivity contribution is 0.1000. The molecule has 0 radical (unpaired) electrons. The Hall–Kier alpha value is -4.09. The number of carbonyl (C=O) groups excluding carboxylic acids is 1. The Morgan fingerprint density at radius 3 is 2.27 bits per heavy atom. The fourth-order valence-corrected chi connectivity index (χ4v) is 6.39. The van der Waals surface area contributed by atoms with Gasteiger partial charge in [0, 0.05) is 42.1 Å². The molecule has 1 aliphatic heterocycles. The Labute approximate surface area is 244 Å². The number of rotatable bonds is 10. The van der Waals surface area contributed by atoms with Crippen molar-refractivity contribution in [2.24, 2.45) is 22.2 Å². The predicted molar refractivity (Wildman–Crippen MR) is 166 cm³/mol. The first kappa shape index (κ1) is 29.9. The highest BCUT2D eigenvalue weighted by Crippen LogP contribution is 2.44. The second kappa shape index (κ2) is 12.2. The molecule has 0 bridgehead atoms. The number of aryl methyl sites for hydroxylation is 2. The monoisotopic (exact) mass is 553 g/mol. The Morgan fingerprint density at radius 1 is 1.10 bits per heavy atom. The minimum absolute atomic E-state index is 0.00503. The summed E-state index contributed by atoms with van der Waals surface area (Å²) in [4.78, 5) is 19.2. The molecule has 2 unspecified atom stereocenters. The molecule has 1 amide bonds. The molecule has 41 heavy (non-hydrogen) atoms. The highest BCUT2D eigenvalue weighted by atomic mass is 16.1. The number of primary amides is 1. The average molecular weight is 554 g/mol. The van der Waals surface area contributed by atoms with Gasteiger partial charge >= 0.3 is 0 Å². The summed E-state index contributed by atoms with van der Waals surface area (Å²) in [6, 6.07) is 14.1. The van der Waals surface area contributed by atoms with Gasteiger partial charge in [-0.15, -0.1) is 0 Å². The molecule has 216 valence electrons. The van der Waals surface area contributed by atoms with Crippen molar-refractivity contribution in [2.45, 2.75) is 76.4 Å². The number of hydrogen-bond acceptors (Lipinski definition) is 6. The quantitative estimate of drug-likeness (QED) is 0.260. The topological polar surface area (TPSA) is 147 Å². The maximum Gasteiger partial charge on any atom is 0.248 e. The minimum Gasteiger partial charge on any atom is -0.399 e. The fraction of sp³-hybridized carbons (Fsp3) is 0.424. The molecule has 1 saturated heterocycles. The zero-order valence-electron chi connectivity index (χ0n) is 24.5. The Morgan fingerprint density at radius 2 is 1.71 bits per heavy atom. The van der Waals surface area contributed by atoms with Crippen molar-refractivity contribution in [1.29, 1.82) is 5.26 Å². The van der Waals surface area contributed by atoms with Gasteiger partial charge in [-0.25, -0.2) is 0 Å². The predicted octanol–water partition coefficient (Wildman–Crippen LogP) is 3.74. The van der Waals surface area contributed by atoms with E-state index in [-0.39, 0.29) is 18.1 Å². The first-order valence-corrected chi connectivity index (χ1v) is 14.4. The van der Waals surface area contributed by atoms with Crippen molar-refractivity contribution in [3.05, 3.63) is 88.6 Å². The third-order valence-electron chi connectivity index (χ3n) is 8.36. The van der Waals surface area contributed by atoms with Crippen molar-refractivity contribution in [3.8, 4) is 6.07 Å². The van der Waals surface area contributed by atoms with Crippen LogP contribution in [-0.2, 0) is 18.3 Å². The summed E-state index contributed by atoms with van der Waals surface area (Å²) in [6.07, 6.45) is 3.93. The van der Waals surface area contributed by atoms with Crippen LogP contribution in [-0.4, -0.2) is 47.9 Å². The second-order valence-electron chi connectivity index (χ2n) is 11.7. The van der Waals surface area contributed by atoms with Crippen molar-refractivity contribution in [3.63, 3.8) is 0 Å². The van der Waals surface area contributed by atoms with Crippen molar-refractivity contribution in [1.82, 2.24) is 10.2 Å². The normalized spacial score (nSPS) is 21.0. The number of amides is 1. The van der Waals surface area contributed by atoms with Crippen LogP contribution in [0.25, 0.3) is 5.70 Å². The van der Waals surface area contributed by atoms with Crippen molar-refractivity contribution >= 4 is 17.4 Å². The maximum absolute atomic E-state index is 12.1. The lowest BCUT2D eigenvalue weighted by Gasteiger charge is -2.39. The number of nitrogens with two attached hydrogens (primary N) is 3. The molecule has 8 heteroatoms. The van der Waals surface area contributed by atoms with E-state index in [4.69, 9.17) is 22.2 Å². The van der Waals surface area contributed by atoms with Crippen LogP contribution < -0.4 is 22.5 Å². The van der Waals surface area contributed by atoms with E-state index in [0.717, 1.165) is 59.3 Å². The van der Waals surface area contributed by atoms with Crippen LogP contribution in [0.3, 0.4) is 0 Å². The fourth-order valence-electron chi connectivity index (χ4n) is 6.39. The lowest BCUT2D eigenvalue weighted by Crippen LogP contribution is -2.48. The van der Waals surface area contributed by atoms with Gasteiger partial charge in [0.25, 0.3) is 0 Å². The molecule has 3 atom stereocenters. The van der Waals surface area contributed by atoms with Crippen LogP contribution in [0.1, 0.15) is 78.2 Å². The molecule has 2 aromatic carbocycles. The van der Waals surface area contributed by atoms with Crippen molar-refractivity contribution in [2.75, 3.05) is 13.1 Å². The highest BCUT2D eigenvalue weighted by molar-refractivity contribution is 5.98. The molecule has 2 aromatic rings. The van der Waals surface area contributed by atoms with Gasteiger partial charge in [-0.05, 0) is 98.9 Å². The molecule has 1 aliphatic carbocycles. The van der Waals surface area contributed by atoms with Crippen LogP contribution in [0.2, 0.25) is 0 Å². The summed E-state index contributed by atoms with van der Waals surface area (Å²) in [5, 5.41) is 13.2. The summed E-state index contributed by atoms with van der Waals surface area (Å²) in [6.45, 7) is 15.8. The molecule has 1 heterocycles. The third kappa shape index (κ3) is 6.01. The SMILES string of the molecule is C=C(N)c1ccc2c(c1)CCc1cc(C(N)=O)ccc1C2(C[C@@H](C)NCC(=C)N1CCCC1C#N)C(N)=NC(C)C. The number of benzene rings is 2. The summed E-state index contributed by atoms with van der Waals surface area (Å²) >= 11 is 0. The number of carbonyl (C=O) groups is 1. The van der Waals surface area contributed by atoms with Crippen LogP contribution in [0.5, 0.6) is 0 Å². The van der Waals surface area contributed by atoms with E-state index in [9.17, 15) is 10.1 Å². The summed E-state index contributed by atoms with van der Waals surface area (Å²) < 4.78 is 0. The highest BCUT2D eigenvalue weighted by Gasteiger charge is 2.44. The molecule has 4 rings (SSSR count). The van der Waals surface area contributed by atoms with Gasteiger partial charge in [-0.1, -0.05) is 31.4 Å². The van der Waals surface area contributed by atoms with Gasteiger partial charge in [0.2, 0.25) is 5.91 Å². The number of nitriles is 1. The van der Waals surface area contributed by atoms with Crippen LogP contribution in [0.15, 0.2) is 60.2 Å². The van der Waals surface area contributed by atoms with Crippen LogP contribution in [0, 0.1) is 11.3 Å². The van der Waals surface area contributed by atoms with Gasteiger partial charge in [0.1, 0.15) is 11.9 Å². The molecule has 0 spiro atoms. The third-order valence-corrected chi connectivity index (χ3v) is 8.36. The van der Waals surface area contributed by atoms with Gasteiger partial charge in [0.05, 0.1) is 11.5 Å². The number of amidine groups is 1. The molecular formula is C33H43N7O. The van der Waals surface area contributed by atoms with Crippen LogP contribution in [0.4, 0.5) is 0 Å². The van der Waals surface area contributed by atoms with E-state index in [1.54, 1.807) is 6.07 Å². The summed E-state index contributed by atoms with van der Waals surface area (Å²) in [5.74, 6) is 0.0662. The largest absolute Gasteiger partial charge is 0.399 e. The van der Waals surface area contributed by atoms with E-state index < -0.39 is 11.3 Å². The molecule has 1 fully saturated rings. The molecule has 0 aromatic heterocycles. The zero-order valence-corrected chi connectivity index (χ0v) is 24.5. The van der Waals surface area contributed by atoms with E-state index in [1.807, 2.05) is 32.0 Å². The first-order chi connectivity index (χ1) is 19.5. The number of nitrogens with one attached hydrogen (secondary N) is 1. The number of aliphatic imine (C=N–C) groups is 1. The lowest BCUT2D eigenvalue weighted by atomic mass is 9.67. The standard InChI is InChI=1S/C33H43N7O/c1-20(2)39-32(37)33(17-21(3)38-19-22(4)40-14-6-7-28(40)18-34)29-12-10-24(23(5)35)15-25(29)8-9-26-16-27(31(36)41)11-13-30(26)33/h10-13,15-16,20-21,28,38H,4-9,14,17,19,35H2,1-3H3,(H2,36,41)(H2,37,39)/t21-,28?,33?/m1/s1. The maximum atomic E-state index is 12.1. The summed E-state index contributed by atoms with van der Waals surface area (Å²) in [5.41, 5.74) is 25.1. The van der Waals surface area contributed by atoms with Gasteiger partial charge in [-0.3, -0.25) is 9.79 Å². The number of fused-ring (bicyclic) bond motifs is 2. The Balaban J connectivity index is 1.82.